The molecular weight excluding hydrogens is 376 g/mol. The molecule has 0 radical (unpaired) electrons. The number of rotatable bonds is 6. The number of halogens is 1. The van der Waals surface area contributed by atoms with E-state index >= 15 is 0 Å². The molecule has 6 heteroatoms. The van der Waals surface area contributed by atoms with Gasteiger partial charge in [0.15, 0.2) is 12.4 Å². The number of aliphatic hydroxyl groups is 1. The standard InChI is InChI=1S/C17H17BrN2O2S/c1-2-19-17(23)15(20-9-5-6-12(10-20)11-21)16(22)13-7-3-4-8-14(13)18/h3-10,15,21H,2,11H2,1H3. The largest absolute Gasteiger partial charge is 0.758 e. The van der Waals surface area contributed by atoms with E-state index in [1.54, 1.807) is 35.2 Å². The van der Waals surface area contributed by atoms with Gasteiger partial charge in [0.2, 0.25) is 11.8 Å². The zero-order valence-electron chi connectivity index (χ0n) is 12.6. The van der Waals surface area contributed by atoms with Crippen LogP contribution in [0.1, 0.15) is 28.9 Å². The highest BCUT2D eigenvalue weighted by Gasteiger charge is 2.29. The van der Waals surface area contributed by atoms with Crippen LogP contribution in [0.25, 0.3) is 0 Å². The van der Waals surface area contributed by atoms with Crippen LogP contribution >= 0.6 is 15.9 Å². The molecule has 0 fully saturated rings. The van der Waals surface area contributed by atoms with Crippen molar-refractivity contribution in [1.82, 2.24) is 0 Å². The SMILES string of the molecule is CCN=C([S-])C(C(=O)c1ccccc1Br)[n+]1cccc(CO)c1. The number of Topliss-reactive ketones (excluding diaryl/α,β-unsaturated/α-hetero) is 1. The summed E-state index contributed by atoms with van der Waals surface area (Å²) in [5, 5.41) is 9.65. The van der Waals surface area contributed by atoms with Crippen molar-refractivity contribution in [1.29, 1.82) is 0 Å². The van der Waals surface area contributed by atoms with Crippen LogP contribution < -0.4 is 4.57 Å². The number of pyridine rings is 1. The van der Waals surface area contributed by atoms with Crippen molar-refractivity contribution < 1.29 is 14.5 Å². The van der Waals surface area contributed by atoms with E-state index in [1.807, 2.05) is 25.1 Å². The normalized spacial score (nSPS) is 12.9. The van der Waals surface area contributed by atoms with Gasteiger partial charge in [-0.1, -0.05) is 28.1 Å². The summed E-state index contributed by atoms with van der Waals surface area (Å²) in [5.41, 5.74) is 1.25. The summed E-state index contributed by atoms with van der Waals surface area (Å²) in [6.07, 6.45) is 3.48. The summed E-state index contributed by atoms with van der Waals surface area (Å²) in [4.78, 5) is 17.3. The maximum atomic E-state index is 13.0. The van der Waals surface area contributed by atoms with Gasteiger partial charge in [-0.15, -0.1) is 0 Å². The van der Waals surface area contributed by atoms with Gasteiger partial charge in [0.25, 0.3) is 0 Å². The molecule has 1 N–H and O–H groups in total. The van der Waals surface area contributed by atoms with Crippen LogP contribution in [0.5, 0.6) is 0 Å². The van der Waals surface area contributed by atoms with Crippen molar-refractivity contribution in [2.75, 3.05) is 6.54 Å². The van der Waals surface area contributed by atoms with E-state index in [9.17, 15) is 9.90 Å². The molecule has 0 saturated carbocycles. The first kappa shape index (κ1) is 17.7. The molecule has 1 aromatic heterocycles. The molecule has 0 saturated heterocycles. The molecule has 2 aromatic rings. The third-order valence-electron chi connectivity index (χ3n) is 3.30. The van der Waals surface area contributed by atoms with Crippen LogP contribution in [0.2, 0.25) is 0 Å². The highest BCUT2D eigenvalue weighted by atomic mass is 79.9. The highest BCUT2D eigenvalue weighted by molar-refractivity contribution is 9.10. The number of hydrogen-bond donors (Lipinski definition) is 1. The molecule has 120 valence electrons. The van der Waals surface area contributed by atoms with Crippen molar-refractivity contribution in [3.8, 4) is 0 Å². The summed E-state index contributed by atoms with van der Waals surface area (Å²) in [5.74, 6) is -0.139. The molecule has 0 aliphatic rings. The van der Waals surface area contributed by atoms with Gasteiger partial charge in [0.05, 0.1) is 6.61 Å². The first-order chi connectivity index (χ1) is 11.1. The van der Waals surface area contributed by atoms with Crippen LogP contribution in [0.3, 0.4) is 0 Å². The van der Waals surface area contributed by atoms with Gasteiger partial charge in [0, 0.05) is 28.2 Å². The van der Waals surface area contributed by atoms with Gasteiger partial charge < -0.3 is 22.7 Å². The van der Waals surface area contributed by atoms with Crippen molar-refractivity contribution in [2.24, 2.45) is 4.99 Å². The van der Waals surface area contributed by atoms with Gasteiger partial charge in [0.1, 0.15) is 0 Å². The fraction of sp³-hybridized carbons (Fsp3) is 0.235. The van der Waals surface area contributed by atoms with Crippen LogP contribution in [-0.2, 0) is 19.2 Å². The van der Waals surface area contributed by atoms with Gasteiger partial charge in [-0.25, -0.2) is 0 Å². The molecule has 0 spiro atoms. The summed E-state index contributed by atoms with van der Waals surface area (Å²) in [6.45, 7) is 2.29. The lowest BCUT2D eigenvalue weighted by Crippen LogP contribution is -2.48. The van der Waals surface area contributed by atoms with Crippen molar-refractivity contribution >= 4 is 39.4 Å². The molecule has 0 aliphatic heterocycles. The lowest BCUT2D eigenvalue weighted by atomic mass is 10.0. The minimum absolute atomic E-state index is 0.103. The molecular formula is C17H17BrN2O2S. The fourth-order valence-corrected chi connectivity index (χ4v) is 3.06. The Bertz CT molecular complexity index is 734. The maximum Gasteiger partial charge on any atom is 0.237 e. The number of hydrogen-bond acceptors (Lipinski definition) is 4. The Kier molecular flexibility index (Phi) is 6.38. The van der Waals surface area contributed by atoms with E-state index < -0.39 is 6.04 Å². The fourth-order valence-electron chi connectivity index (χ4n) is 2.22. The smallest absolute Gasteiger partial charge is 0.237 e. The second-order valence-electron chi connectivity index (χ2n) is 4.88. The van der Waals surface area contributed by atoms with Crippen molar-refractivity contribution in [2.45, 2.75) is 19.6 Å². The molecule has 4 nitrogen and oxygen atoms in total. The Morgan fingerprint density at radius 2 is 2.09 bits per heavy atom. The predicted octanol–water partition coefficient (Wildman–Crippen LogP) is 2.62. The zero-order chi connectivity index (χ0) is 16.8. The Balaban J connectivity index is 2.52. The van der Waals surface area contributed by atoms with E-state index in [0.29, 0.717) is 27.2 Å². The second-order valence-corrected chi connectivity index (χ2v) is 6.15. The lowest BCUT2D eigenvalue weighted by molar-refractivity contribution is -0.692. The highest BCUT2D eigenvalue weighted by Crippen LogP contribution is 2.20. The Morgan fingerprint density at radius 1 is 1.35 bits per heavy atom. The number of nitrogens with zero attached hydrogens (tertiary/aromatic N) is 2. The third kappa shape index (κ3) is 4.22. The summed E-state index contributed by atoms with van der Waals surface area (Å²) in [7, 11) is 0. The Morgan fingerprint density at radius 3 is 2.74 bits per heavy atom. The van der Waals surface area contributed by atoms with Crippen LogP contribution in [-0.4, -0.2) is 22.5 Å². The average molecular weight is 393 g/mol. The molecule has 1 aromatic carbocycles. The monoisotopic (exact) mass is 392 g/mol. The zero-order valence-corrected chi connectivity index (χ0v) is 15.0. The lowest BCUT2D eigenvalue weighted by Gasteiger charge is -2.19. The van der Waals surface area contributed by atoms with Crippen molar-refractivity contribution in [3.05, 3.63) is 64.4 Å². The Labute approximate surface area is 149 Å². The number of carbonyl (C=O) groups excluding carboxylic acids is 1. The summed E-state index contributed by atoms with van der Waals surface area (Å²) >= 11 is 8.78. The van der Waals surface area contributed by atoms with E-state index in [-0.39, 0.29) is 12.4 Å². The van der Waals surface area contributed by atoms with Gasteiger partial charge in [-0.05, 0) is 30.2 Å². The first-order valence-corrected chi connectivity index (χ1v) is 8.39. The maximum absolute atomic E-state index is 13.0. The average Bonchev–Trinajstić information content (AvgIpc) is 2.56. The number of aromatic nitrogens is 1. The van der Waals surface area contributed by atoms with Crippen LogP contribution in [0, 0.1) is 0 Å². The van der Waals surface area contributed by atoms with Gasteiger partial charge in [-0.3, -0.25) is 4.79 Å². The van der Waals surface area contributed by atoms with E-state index in [0.717, 1.165) is 0 Å². The molecule has 0 aliphatic carbocycles. The number of aliphatic hydroxyl groups excluding tert-OH is 1. The minimum Gasteiger partial charge on any atom is -0.758 e. The number of carbonyl (C=O) groups is 1. The second kappa shape index (κ2) is 8.29. The molecule has 2 rings (SSSR count). The number of ketones is 1. The predicted molar refractivity (Wildman–Crippen MR) is 95.4 cm³/mol. The molecule has 0 amide bonds. The number of aliphatic imine (C=N–C) groups is 1. The van der Waals surface area contributed by atoms with E-state index in [4.69, 9.17) is 12.6 Å². The van der Waals surface area contributed by atoms with E-state index in [1.165, 1.54) is 0 Å². The molecule has 1 heterocycles. The topological polar surface area (TPSA) is 53.5 Å². The molecule has 0 bridgehead atoms. The Hall–Kier alpha value is -1.63. The van der Waals surface area contributed by atoms with Gasteiger partial charge in [-0.2, -0.15) is 4.57 Å². The molecule has 1 atom stereocenters. The summed E-state index contributed by atoms with van der Waals surface area (Å²) in [6, 6.07) is 10.1. The summed E-state index contributed by atoms with van der Waals surface area (Å²) < 4.78 is 2.42. The van der Waals surface area contributed by atoms with Gasteiger partial charge >= 0.3 is 0 Å². The van der Waals surface area contributed by atoms with Crippen LogP contribution in [0.15, 0.2) is 58.3 Å². The molecule has 23 heavy (non-hydrogen) atoms. The third-order valence-corrected chi connectivity index (χ3v) is 4.34. The quantitative estimate of drug-likeness (QED) is 0.270. The first-order valence-electron chi connectivity index (χ1n) is 7.19. The minimum atomic E-state index is -0.713. The van der Waals surface area contributed by atoms with Crippen LogP contribution in [0.4, 0.5) is 0 Å². The molecule has 1 unspecified atom stereocenters. The van der Waals surface area contributed by atoms with Crippen molar-refractivity contribution in [3.63, 3.8) is 0 Å². The number of benzene rings is 1. The van der Waals surface area contributed by atoms with E-state index in [2.05, 4.69) is 20.9 Å².